The minimum Gasteiger partial charge on any atom is -0.319 e. The molecule has 0 aliphatic heterocycles. The van der Waals surface area contributed by atoms with Gasteiger partial charge < -0.3 is 5.32 Å². The van der Waals surface area contributed by atoms with E-state index in [0.717, 1.165) is 17.9 Å². The van der Waals surface area contributed by atoms with Crippen molar-refractivity contribution in [2.24, 2.45) is 5.92 Å². The molecule has 2 aromatic heterocycles. The summed E-state index contributed by atoms with van der Waals surface area (Å²) in [6, 6.07) is 0. The molecular weight excluding hydrogens is 194 g/mol. The number of hydrogen-bond donors (Lipinski definition) is 1. The average molecular weight is 209 g/mol. The molecule has 0 aliphatic rings. The highest BCUT2D eigenvalue weighted by Gasteiger charge is 2.06. The Morgan fingerprint density at radius 3 is 3.21 bits per heavy atom. The maximum atomic E-state index is 4.55. The van der Waals surface area contributed by atoms with Gasteiger partial charge >= 0.3 is 0 Å². The molecule has 1 N–H and O–H groups in total. The summed E-state index contributed by atoms with van der Waals surface area (Å²) in [7, 11) is 1.99. The van der Waals surface area contributed by atoms with Gasteiger partial charge in [0, 0.05) is 17.8 Å². The predicted octanol–water partition coefficient (Wildman–Crippen LogP) is 1.79. The first kappa shape index (κ1) is 9.68. The van der Waals surface area contributed by atoms with Gasteiger partial charge in [0.15, 0.2) is 4.96 Å². The largest absolute Gasteiger partial charge is 0.319 e. The van der Waals surface area contributed by atoms with Gasteiger partial charge in [-0.2, -0.15) is 0 Å². The lowest BCUT2D eigenvalue weighted by Gasteiger charge is -2.07. The van der Waals surface area contributed by atoms with Gasteiger partial charge in [-0.1, -0.05) is 6.92 Å². The van der Waals surface area contributed by atoms with Gasteiger partial charge in [-0.3, -0.25) is 4.40 Å². The zero-order chi connectivity index (χ0) is 9.97. The summed E-state index contributed by atoms with van der Waals surface area (Å²) in [5, 5.41) is 5.24. The van der Waals surface area contributed by atoms with E-state index in [-0.39, 0.29) is 0 Å². The molecule has 1 unspecified atom stereocenters. The van der Waals surface area contributed by atoms with Crippen LogP contribution in [0.2, 0.25) is 0 Å². The van der Waals surface area contributed by atoms with Crippen molar-refractivity contribution in [2.45, 2.75) is 13.3 Å². The Morgan fingerprint density at radius 2 is 2.50 bits per heavy atom. The van der Waals surface area contributed by atoms with Crippen LogP contribution in [0.15, 0.2) is 17.8 Å². The van der Waals surface area contributed by atoms with Crippen LogP contribution in [0.1, 0.15) is 12.6 Å². The molecule has 0 aliphatic carbocycles. The minimum atomic E-state index is 0.643. The van der Waals surface area contributed by atoms with Gasteiger partial charge in [0.05, 0.1) is 5.69 Å². The van der Waals surface area contributed by atoms with E-state index in [4.69, 9.17) is 0 Å². The van der Waals surface area contributed by atoms with Crippen LogP contribution in [-0.4, -0.2) is 23.0 Å². The predicted molar refractivity (Wildman–Crippen MR) is 59.9 cm³/mol. The second-order valence-corrected chi connectivity index (χ2v) is 4.57. The van der Waals surface area contributed by atoms with Gasteiger partial charge in [-0.05, 0) is 25.9 Å². The molecule has 2 heterocycles. The topological polar surface area (TPSA) is 29.3 Å². The van der Waals surface area contributed by atoms with Gasteiger partial charge in [-0.25, -0.2) is 4.98 Å². The molecule has 0 fully saturated rings. The Hall–Kier alpha value is -0.870. The van der Waals surface area contributed by atoms with Crippen LogP contribution in [0, 0.1) is 5.92 Å². The highest BCUT2D eigenvalue weighted by molar-refractivity contribution is 7.15. The van der Waals surface area contributed by atoms with Crippen LogP contribution in [0.5, 0.6) is 0 Å². The molecule has 2 aromatic rings. The van der Waals surface area contributed by atoms with E-state index in [1.807, 2.05) is 7.05 Å². The van der Waals surface area contributed by atoms with Gasteiger partial charge in [-0.15, -0.1) is 11.3 Å². The normalized spacial score (nSPS) is 13.6. The molecule has 14 heavy (non-hydrogen) atoms. The molecule has 0 spiro atoms. The van der Waals surface area contributed by atoms with Crippen molar-refractivity contribution in [2.75, 3.05) is 13.6 Å². The first-order valence-electron chi connectivity index (χ1n) is 4.85. The van der Waals surface area contributed by atoms with Gasteiger partial charge in [0.2, 0.25) is 0 Å². The second kappa shape index (κ2) is 4.11. The van der Waals surface area contributed by atoms with Crippen LogP contribution in [0.25, 0.3) is 4.96 Å². The standard InChI is InChI=1S/C10H15N3S/c1-8(6-11-2)5-9-7-13-3-4-14-10(13)12-9/h3-4,7-8,11H,5-6H2,1-2H3. The lowest BCUT2D eigenvalue weighted by molar-refractivity contribution is 0.537. The number of nitrogens with one attached hydrogen (secondary N) is 1. The Balaban J connectivity index is 2.08. The summed E-state index contributed by atoms with van der Waals surface area (Å²) < 4.78 is 2.09. The Labute approximate surface area is 87.8 Å². The maximum Gasteiger partial charge on any atom is 0.193 e. The van der Waals surface area contributed by atoms with Crippen LogP contribution in [-0.2, 0) is 6.42 Å². The number of thiazole rings is 1. The number of hydrogen-bond acceptors (Lipinski definition) is 3. The van der Waals surface area contributed by atoms with Crippen molar-refractivity contribution in [3.05, 3.63) is 23.5 Å². The Kier molecular flexibility index (Phi) is 2.84. The molecule has 0 saturated heterocycles. The van der Waals surface area contributed by atoms with Crippen molar-refractivity contribution < 1.29 is 0 Å². The number of fused-ring (bicyclic) bond motifs is 1. The van der Waals surface area contributed by atoms with E-state index in [1.54, 1.807) is 11.3 Å². The third-order valence-electron chi connectivity index (χ3n) is 2.25. The average Bonchev–Trinajstić information content (AvgIpc) is 2.63. The summed E-state index contributed by atoms with van der Waals surface area (Å²) >= 11 is 1.68. The lowest BCUT2D eigenvalue weighted by Crippen LogP contribution is -2.18. The van der Waals surface area contributed by atoms with Crippen LogP contribution in [0.3, 0.4) is 0 Å². The smallest absolute Gasteiger partial charge is 0.193 e. The lowest BCUT2D eigenvalue weighted by atomic mass is 10.1. The van der Waals surface area contributed by atoms with Crippen molar-refractivity contribution in [3.63, 3.8) is 0 Å². The summed E-state index contributed by atoms with van der Waals surface area (Å²) in [5.41, 5.74) is 1.19. The summed E-state index contributed by atoms with van der Waals surface area (Å²) in [5.74, 6) is 0.643. The third kappa shape index (κ3) is 1.96. The third-order valence-corrected chi connectivity index (χ3v) is 3.02. The fourth-order valence-electron chi connectivity index (χ4n) is 1.65. The van der Waals surface area contributed by atoms with Crippen LogP contribution in [0.4, 0.5) is 0 Å². The molecule has 2 rings (SSSR count). The highest BCUT2D eigenvalue weighted by Crippen LogP contribution is 2.13. The first-order chi connectivity index (χ1) is 6.79. The molecule has 0 saturated carbocycles. The highest BCUT2D eigenvalue weighted by atomic mass is 32.1. The molecule has 4 heteroatoms. The van der Waals surface area contributed by atoms with Crippen LogP contribution >= 0.6 is 11.3 Å². The molecule has 76 valence electrons. The molecule has 0 radical (unpaired) electrons. The summed E-state index contributed by atoms with van der Waals surface area (Å²) in [4.78, 5) is 5.64. The molecular formula is C10H15N3S. The van der Waals surface area contributed by atoms with Crippen molar-refractivity contribution in [1.82, 2.24) is 14.7 Å². The molecule has 0 amide bonds. The van der Waals surface area contributed by atoms with E-state index < -0.39 is 0 Å². The number of nitrogens with zero attached hydrogens (tertiary/aromatic N) is 2. The molecule has 0 bridgehead atoms. The molecule has 0 aromatic carbocycles. The summed E-state index contributed by atoms with van der Waals surface area (Å²) in [6.45, 7) is 3.29. The monoisotopic (exact) mass is 209 g/mol. The fourth-order valence-corrected chi connectivity index (χ4v) is 2.37. The van der Waals surface area contributed by atoms with Crippen molar-refractivity contribution >= 4 is 16.3 Å². The molecule has 3 nitrogen and oxygen atoms in total. The van der Waals surface area contributed by atoms with Crippen molar-refractivity contribution in [3.8, 4) is 0 Å². The Morgan fingerprint density at radius 1 is 1.64 bits per heavy atom. The van der Waals surface area contributed by atoms with E-state index in [1.165, 1.54) is 5.69 Å². The zero-order valence-electron chi connectivity index (χ0n) is 8.53. The van der Waals surface area contributed by atoms with E-state index in [9.17, 15) is 0 Å². The number of rotatable bonds is 4. The van der Waals surface area contributed by atoms with Crippen LogP contribution < -0.4 is 5.32 Å². The fraction of sp³-hybridized carbons (Fsp3) is 0.500. The van der Waals surface area contributed by atoms with Gasteiger partial charge in [0.25, 0.3) is 0 Å². The first-order valence-corrected chi connectivity index (χ1v) is 5.73. The SMILES string of the molecule is CNCC(C)Cc1cn2ccsc2n1. The zero-order valence-corrected chi connectivity index (χ0v) is 9.34. The Bertz CT molecular complexity index is 376. The maximum absolute atomic E-state index is 4.55. The summed E-state index contributed by atoms with van der Waals surface area (Å²) in [6.07, 6.45) is 5.23. The van der Waals surface area contributed by atoms with E-state index in [2.05, 4.69) is 39.4 Å². The van der Waals surface area contributed by atoms with E-state index >= 15 is 0 Å². The second-order valence-electron chi connectivity index (χ2n) is 3.69. The minimum absolute atomic E-state index is 0.643. The quantitative estimate of drug-likeness (QED) is 0.832. The van der Waals surface area contributed by atoms with Gasteiger partial charge in [0.1, 0.15) is 0 Å². The van der Waals surface area contributed by atoms with Crippen molar-refractivity contribution in [1.29, 1.82) is 0 Å². The molecule has 1 atom stereocenters. The van der Waals surface area contributed by atoms with E-state index in [0.29, 0.717) is 5.92 Å². The number of aromatic nitrogens is 2. The number of imidazole rings is 1.